The number of nitrogens with zero attached hydrogens (tertiary/aromatic N) is 2. The fourth-order valence-corrected chi connectivity index (χ4v) is 5.24. The number of benzene rings is 2. The molecule has 13 heteroatoms. The summed E-state index contributed by atoms with van der Waals surface area (Å²) >= 11 is 32.7. The number of hydrogen-bond donors (Lipinski definition) is 2. The fourth-order valence-electron chi connectivity index (χ4n) is 2.60. The van der Waals surface area contributed by atoms with Crippen LogP contribution in [0.3, 0.4) is 0 Å². The molecular formula is C22H17Cl5N4O2S2. The molecule has 184 valence electrons. The Morgan fingerprint density at radius 1 is 0.800 bits per heavy atom. The zero-order valence-corrected chi connectivity index (χ0v) is 23.0. The van der Waals surface area contributed by atoms with Crippen molar-refractivity contribution in [3.63, 3.8) is 0 Å². The Balaban J connectivity index is 1.72. The molecule has 2 amide bonds. The van der Waals surface area contributed by atoms with Crippen LogP contribution >= 0.6 is 81.5 Å². The molecule has 0 unspecified atom stereocenters. The number of halogens is 5. The molecule has 0 saturated heterocycles. The third kappa shape index (κ3) is 8.89. The Morgan fingerprint density at radius 3 is 1.86 bits per heavy atom. The molecule has 1 aromatic heterocycles. The number of hydrogen-bond acceptors (Lipinski definition) is 6. The molecule has 35 heavy (non-hydrogen) atoms. The Morgan fingerprint density at radius 2 is 1.34 bits per heavy atom. The number of thioether (sulfide) groups is 2. The summed E-state index contributed by atoms with van der Waals surface area (Å²) in [6.45, 7) is 0. The monoisotopic (exact) mass is 608 g/mol. The van der Waals surface area contributed by atoms with Gasteiger partial charge in [0.2, 0.25) is 3.79 Å². The highest BCUT2D eigenvalue weighted by atomic mass is 35.6. The summed E-state index contributed by atoms with van der Waals surface area (Å²) in [6, 6.07) is 18.8. The second kappa shape index (κ2) is 13.2. The van der Waals surface area contributed by atoms with E-state index in [4.69, 9.17) is 58.0 Å². The second-order valence-corrected chi connectivity index (χ2v) is 12.5. The first-order valence-electron chi connectivity index (χ1n) is 9.86. The molecule has 3 rings (SSSR count). The maximum atomic E-state index is 12.6. The highest BCUT2D eigenvalue weighted by Crippen LogP contribution is 2.39. The average molecular weight is 611 g/mol. The van der Waals surface area contributed by atoms with E-state index in [-0.39, 0.29) is 11.1 Å². The third-order valence-electron chi connectivity index (χ3n) is 4.21. The standard InChI is InChI=1S/C22H17Cl5N4O2S2/c23-16(24)19(30-17(32)13-7-3-1-4-8-13)35-21-28-12-11-15(29-21)34-20(22(25,26)27)31-18(33)14-9-5-2-6-10-14/h1-12,16,19-20H,(H,30,32)(H,31,33)/t19-,20+/m1/s1. The number of alkyl halides is 5. The van der Waals surface area contributed by atoms with Gasteiger partial charge in [-0.25, -0.2) is 9.97 Å². The van der Waals surface area contributed by atoms with E-state index in [0.717, 1.165) is 23.5 Å². The Kier molecular flexibility index (Phi) is 10.7. The van der Waals surface area contributed by atoms with Crippen LogP contribution in [-0.4, -0.2) is 41.2 Å². The van der Waals surface area contributed by atoms with Gasteiger partial charge in [0.15, 0.2) is 5.16 Å². The Labute approximate surface area is 235 Å². The zero-order chi connectivity index (χ0) is 25.4. The lowest BCUT2D eigenvalue weighted by atomic mass is 10.2. The van der Waals surface area contributed by atoms with Gasteiger partial charge in [-0.1, -0.05) is 94.7 Å². The lowest BCUT2D eigenvalue weighted by molar-refractivity contribution is 0.0942. The van der Waals surface area contributed by atoms with E-state index in [2.05, 4.69) is 20.6 Å². The van der Waals surface area contributed by atoms with Crippen molar-refractivity contribution in [3.05, 3.63) is 84.1 Å². The minimum atomic E-state index is -1.84. The van der Waals surface area contributed by atoms with Crippen LogP contribution in [0.2, 0.25) is 0 Å². The van der Waals surface area contributed by atoms with E-state index in [1.165, 1.54) is 6.20 Å². The van der Waals surface area contributed by atoms with Crippen molar-refractivity contribution >= 4 is 93.3 Å². The van der Waals surface area contributed by atoms with Crippen molar-refractivity contribution in [1.29, 1.82) is 0 Å². The predicted molar refractivity (Wildman–Crippen MR) is 145 cm³/mol. The minimum Gasteiger partial charge on any atom is -0.337 e. The van der Waals surface area contributed by atoms with Crippen LogP contribution in [0.4, 0.5) is 0 Å². The lowest BCUT2D eigenvalue weighted by Crippen LogP contribution is -2.41. The molecule has 0 bridgehead atoms. The van der Waals surface area contributed by atoms with Crippen LogP contribution in [0.15, 0.2) is 83.1 Å². The first kappa shape index (κ1) is 28.2. The summed E-state index contributed by atoms with van der Waals surface area (Å²) in [5.41, 5.74) is 0.871. The van der Waals surface area contributed by atoms with Crippen molar-refractivity contribution in [2.75, 3.05) is 0 Å². The number of amides is 2. The van der Waals surface area contributed by atoms with Gasteiger partial charge in [0.1, 0.15) is 20.6 Å². The number of carbonyl (C=O) groups excluding carboxylic acids is 2. The van der Waals surface area contributed by atoms with Gasteiger partial charge >= 0.3 is 0 Å². The lowest BCUT2D eigenvalue weighted by Gasteiger charge is -2.25. The van der Waals surface area contributed by atoms with Gasteiger partial charge in [-0.15, -0.1) is 23.2 Å². The van der Waals surface area contributed by atoms with Gasteiger partial charge in [0, 0.05) is 17.3 Å². The SMILES string of the molecule is O=C(N[C@H](Sc1nccc(S[C@H](NC(=O)c2ccccc2)C(Cl)(Cl)Cl)n1)C(Cl)Cl)c1ccccc1. The summed E-state index contributed by atoms with van der Waals surface area (Å²) < 4.78 is -1.84. The van der Waals surface area contributed by atoms with Crippen molar-refractivity contribution < 1.29 is 9.59 Å². The van der Waals surface area contributed by atoms with Crippen LogP contribution in [0.1, 0.15) is 20.7 Å². The molecule has 0 saturated carbocycles. The summed E-state index contributed by atoms with van der Waals surface area (Å²) in [4.78, 5) is 32.8. The molecule has 0 fully saturated rings. The summed E-state index contributed by atoms with van der Waals surface area (Å²) in [5.74, 6) is -0.756. The van der Waals surface area contributed by atoms with Gasteiger partial charge in [-0.2, -0.15) is 0 Å². The number of carbonyl (C=O) groups is 2. The van der Waals surface area contributed by atoms with Crippen molar-refractivity contribution in [2.45, 2.75) is 29.6 Å². The highest BCUT2D eigenvalue weighted by Gasteiger charge is 2.35. The number of aromatic nitrogens is 2. The zero-order valence-electron chi connectivity index (χ0n) is 17.6. The molecule has 3 aromatic rings. The van der Waals surface area contributed by atoms with E-state index in [9.17, 15) is 9.59 Å². The molecule has 2 aromatic carbocycles. The summed E-state index contributed by atoms with van der Waals surface area (Å²) in [5, 5.41) is 4.46. The van der Waals surface area contributed by atoms with E-state index in [1.54, 1.807) is 66.7 Å². The molecule has 2 N–H and O–H groups in total. The topological polar surface area (TPSA) is 84.0 Å². The van der Waals surface area contributed by atoms with E-state index < -0.39 is 25.3 Å². The van der Waals surface area contributed by atoms with Crippen molar-refractivity contribution in [1.82, 2.24) is 20.6 Å². The van der Waals surface area contributed by atoms with Crippen molar-refractivity contribution in [3.8, 4) is 0 Å². The van der Waals surface area contributed by atoms with E-state index in [1.807, 2.05) is 0 Å². The summed E-state index contributed by atoms with van der Waals surface area (Å²) in [6.07, 6.45) is 1.50. The number of nitrogens with one attached hydrogen (secondary N) is 2. The van der Waals surface area contributed by atoms with Crippen LogP contribution < -0.4 is 10.6 Å². The van der Waals surface area contributed by atoms with Crippen molar-refractivity contribution in [2.24, 2.45) is 0 Å². The van der Waals surface area contributed by atoms with Gasteiger partial charge < -0.3 is 10.6 Å². The van der Waals surface area contributed by atoms with E-state index >= 15 is 0 Å². The molecule has 0 radical (unpaired) electrons. The maximum absolute atomic E-state index is 12.6. The maximum Gasteiger partial charge on any atom is 0.252 e. The van der Waals surface area contributed by atoms with Gasteiger partial charge in [0.05, 0.1) is 0 Å². The first-order valence-corrected chi connectivity index (χ1v) is 13.6. The molecule has 0 aliphatic heterocycles. The first-order chi connectivity index (χ1) is 16.6. The van der Waals surface area contributed by atoms with Crippen LogP contribution in [0.5, 0.6) is 0 Å². The molecule has 2 atom stereocenters. The smallest absolute Gasteiger partial charge is 0.252 e. The third-order valence-corrected chi connectivity index (χ3v) is 8.29. The quantitative estimate of drug-likeness (QED) is 0.0967. The largest absolute Gasteiger partial charge is 0.337 e. The van der Waals surface area contributed by atoms with Gasteiger partial charge in [-0.05, 0) is 30.3 Å². The van der Waals surface area contributed by atoms with Gasteiger partial charge in [0.25, 0.3) is 11.8 Å². The molecule has 6 nitrogen and oxygen atoms in total. The number of rotatable bonds is 9. The minimum absolute atomic E-state index is 0.275. The Bertz CT molecular complexity index is 1140. The Hall–Kier alpha value is -1.39. The molecular weight excluding hydrogens is 594 g/mol. The normalized spacial score (nSPS) is 13.2. The molecule has 0 aliphatic carbocycles. The van der Waals surface area contributed by atoms with Crippen LogP contribution in [0.25, 0.3) is 0 Å². The summed E-state index contributed by atoms with van der Waals surface area (Å²) in [7, 11) is 0. The molecule has 0 aliphatic rings. The van der Waals surface area contributed by atoms with Gasteiger partial charge in [-0.3, -0.25) is 9.59 Å². The van der Waals surface area contributed by atoms with Crippen LogP contribution in [0, 0.1) is 0 Å². The predicted octanol–water partition coefficient (Wildman–Crippen LogP) is 6.35. The van der Waals surface area contributed by atoms with E-state index in [0.29, 0.717) is 16.2 Å². The average Bonchev–Trinajstić information content (AvgIpc) is 2.84. The molecule has 1 heterocycles. The fraction of sp³-hybridized carbons (Fsp3) is 0.182. The molecule has 0 spiro atoms. The highest BCUT2D eigenvalue weighted by molar-refractivity contribution is 8.00. The second-order valence-electron chi connectivity index (χ2n) is 6.77. The van der Waals surface area contributed by atoms with Crippen LogP contribution in [-0.2, 0) is 0 Å².